The molecule has 0 saturated heterocycles. The van der Waals surface area contributed by atoms with Crippen molar-refractivity contribution in [1.29, 1.82) is 0 Å². The van der Waals surface area contributed by atoms with Crippen molar-refractivity contribution in [1.82, 2.24) is 5.32 Å². The van der Waals surface area contributed by atoms with Crippen molar-refractivity contribution in [2.75, 3.05) is 24.1 Å². The number of para-hydroxylation sites is 1. The predicted molar refractivity (Wildman–Crippen MR) is 128 cm³/mol. The maximum absolute atomic E-state index is 14.5. The van der Waals surface area contributed by atoms with Gasteiger partial charge < -0.3 is 14.8 Å². The molecule has 0 spiro atoms. The Balaban J connectivity index is 1.80. The topological polar surface area (TPSA) is 84.9 Å². The van der Waals surface area contributed by atoms with Gasteiger partial charge in [0, 0.05) is 6.54 Å². The first-order valence-corrected chi connectivity index (χ1v) is 12.3. The summed E-state index contributed by atoms with van der Waals surface area (Å²) in [5.41, 5.74) is 0.532. The Kier molecular flexibility index (Phi) is 8.48. The largest absolute Gasteiger partial charge is 0.490 e. The van der Waals surface area contributed by atoms with Crippen LogP contribution in [0.1, 0.15) is 19.4 Å². The van der Waals surface area contributed by atoms with Crippen molar-refractivity contribution in [3.8, 4) is 11.5 Å². The molecule has 1 amide bonds. The summed E-state index contributed by atoms with van der Waals surface area (Å²) in [6.45, 7) is 4.20. The Morgan fingerprint density at radius 3 is 2.24 bits per heavy atom. The Hall–Kier alpha value is -3.59. The highest BCUT2D eigenvalue weighted by atomic mass is 32.2. The van der Waals surface area contributed by atoms with Crippen LogP contribution >= 0.6 is 0 Å². The molecule has 0 aliphatic rings. The van der Waals surface area contributed by atoms with Crippen LogP contribution in [0.3, 0.4) is 0 Å². The van der Waals surface area contributed by atoms with Gasteiger partial charge in [-0.3, -0.25) is 9.10 Å². The van der Waals surface area contributed by atoms with Gasteiger partial charge in [0.15, 0.2) is 11.5 Å². The summed E-state index contributed by atoms with van der Waals surface area (Å²) in [7, 11) is -4.18. The van der Waals surface area contributed by atoms with E-state index in [9.17, 15) is 17.6 Å². The van der Waals surface area contributed by atoms with Crippen molar-refractivity contribution in [3.63, 3.8) is 0 Å². The number of nitrogens with zero attached hydrogens (tertiary/aromatic N) is 1. The maximum Gasteiger partial charge on any atom is 0.264 e. The number of halogens is 1. The van der Waals surface area contributed by atoms with Crippen molar-refractivity contribution in [2.45, 2.75) is 25.3 Å². The van der Waals surface area contributed by atoms with Crippen LogP contribution in [0, 0.1) is 5.82 Å². The van der Waals surface area contributed by atoms with Crippen molar-refractivity contribution in [2.24, 2.45) is 0 Å². The lowest BCUT2D eigenvalue weighted by Gasteiger charge is -2.24. The first-order valence-electron chi connectivity index (χ1n) is 10.8. The number of carbonyl (C=O) groups excluding carboxylic acids is 1. The summed E-state index contributed by atoms with van der Waals surface area (Å²) < 4.78 is 53.0. The number of sulfonamides is 1. The Bertz CT molecular complexity index is 1220. The summed E-state index contributed by atoms with van der Waals surface area (Å²) in [6, 6.07) is 18.3. The van der Waals surface area contributed by atoms with Gasteiger partial charge in [0.25, 0.3) is 10.0 Å². The molecule has 0 heterocycles. The van der Waals surface area contributed by atoms with E-state index in [0.29, 0.717) is 24.7 Å². The van der Waals surface area contributed by atoms with E-state index in [2.05, 4.69) is 5.32 Å². The average molecular weight is 487 g/mol. The van der Waals surface area contributed by atoms with Gasteiger partial charge in [-0.05, 0) is 55.8 Å². The van der Waals surface area contributed by atoms with Crippen molar-refractivity contribution in [3.05, 3.63) is 84.2 Å². The SMILES string of the molecule is CCOc1ccc(CNC(=O)CN(c2ccccc2F)S(=O)(=O)c2ccccc2)cc1OCC. The second kappa shape index (κ2) is 11.5. The molecule has 0 aliphatic heterocycles. The van der Waals surface area contributed by atoms with Gasteiger partial charge in [-0.25, -0.2) is 12.8 Å². The van der Waals surface area contributed by atoms with Crippen LogP contribution in [0.4, 0.5) is 10.1 Å². The lowest BCUT2D eigenvalue weighted by molar-refractivity contribution is -0.119. The molecule has 9 heteroatoms. The highest BCUT2D eigenvalue weighted by molar-refractivity contribution is 7.92. The van der Waals surface area contributed by atoms with E-state index in [-0.39, 0.29) is 17.1 Å². The molecule has 0 unspecified atom stereocenters. The molecule has 180 valence electrons. The second-order valence-corrected chi connectivity index (χ2v) is 9.06. The third-order valence-corrected chi connectivity index (χ3v) is 6.61. The molecular formula is C25H27FN2O5S. The van der Waals surface area contributed by atoms with E-state index in [0.717, 1.165) is 15.9 Å². The molecule has 34 heavy (non-hydrogen) atoms. The zero-order valence-corrected chi connectivity index (χ0v) is 19.8. The van der Waals surface area contributed by atoms with Crippen molar-refractivity contribution >= 4 is 21.6 Å². The second-order valence-electron chi connectivity index (χ2n) is 7.20. The first kappa shape index (κ1) is 25.0. The first-order chi connectivity index (χ1) is 16.4. The number of rotatable bonds is 11. The van der Waals surface area contributed by atoms with Crippen LogP contribution in [0.25, 0.3) is 0 Å². The van der Waals surface area contributed by atoms with Gasteiger partial charge in [-0.15, -0.1) is 0 Å². The van der Waals surface area contributed by atoms with Gasteiger partial charge in [0.05, 0.1) is 23.8 Å². The van der Waals surface area contributed by atoms with Crippen LogP contribution in [-0.4, -0.2) is 34.1 Å². The Morgan fingerprint density at radius 1 is 0.912 bits per heavy atom. The van der Waals surface area contributed by atoms with E-state index < -0.39 is 28.3 Å². The number of ether oxygens (including phenoxy) is 2. The minimum atomic E-state index is -4.18. The molecule has 0 aromatic heterocycles. The Labute approximate surface area is 199 Å². The van der Waals surface area contributed by atoms with Gasteiger partial charge >= 0.3 is 0 Å². The maximum atomic E-state index is 14.5. The van der Waals surface area contributed by atoms with E-state index in [1.807, 2.05) is 13.8 Å². The molecule has 7 nitrogen and oxygen atoms in total. The molecular weight excluding hydrogens is 459 g/mol. The molecule has 0 bridgehead atoms. The number of amides is 1. The van der Waals surface area contributed by atoms with Crippen LogP contribution in [-0.2, 0) is 21.4 Å². The van der Waals surface area contributed by atoms with E-state index >= 15 is 0 Å². The summed E-state index contributed by atoms with van der Waals surface area (Å²) in [4.78, 5) is 12.7. The molecule has 3 rings (SSSR count). The van der Waals surface area contributed by atoms with Crippen LogP contribution in [0.15, 0.2) is 77.7 Å². The number of hydrogen-bond acceptors (Lipinski definition) is 5. The van der Waals surface area contributed by atoms with Crippen molar-refractivity contribution < 1.29 is 27.1 Å². The molecule has 0 radical (unpaired) electrons. The third kappa shape index (κ3) is 6.05. The highest BCUT2D eigenvalue weighted by Gasteiger charge is 2.29. The number of benzene rings is 3. The number of anilines is 1. The zero-order valence-electron chi connectivity index (χ0n) is 19.0. The van der Waals surface area contributed by atoms with Gasteiger partial charge in [0.1, 0.15) is 12.4 Å². The van der Waals surface area contributed by atoms with Gasteiger partial charge in [-0.1, -0.05) is 36.4 Å². The van der Waals surface area contributed by atoms with Crippen LogP contribution < -0.4 is 19.1 Å². The zero-order chi connectivity index (χ0) is 24.6. The predicted octanol–water partition coefficient (Wildman–Crippen LogP) is 4.13. The lowest BCUT2D eigenvalue weighted by atomic mass is 10.2. The van der Waals surface area contributed by atoms with Crippen LogP contribution in [0.2, 0.25) is 0 Å². The number of nitrogens with one attached hydrogen (secondary N) is 1. The molecule has 1 N–H and O–H groups in total. The fraction of sp³-hybridized carbons (Fsp3) is 0.240. The van der Waals surface area contributed by atoms with Gasteiger partial charge in [-0.2, -0.15) is 0 Å². The number of carbonyl (C=O) groups is 1. The molecule has 0 aliphatic carbocycles. The average Bonchev–Trinajstić information content (AvgIpc) is 2.84. The molecule has 0 fully saturated rings. The fourth-order valence-corrected chi connectivity index (χ4v) is 4.72. The number of hydrogen-bond donors (Lipinski definition) is 1. The highest BCUT2D eigenvalue weighted by Crippen LogP contribution is 2.29. The minimum Gasteiger partial charge on any atom is -0.490 e. The fourth-order valence-electron chi connectivity index (χ4n) is 3.27. The minimum absolute atomic E-state index is 0.0427. The van der Waals surface area contributed by atoms with E-state index in [1.54, 1.807) is 36.4 Å². The summed E-state index contributed by atoms with van der Waals surface area (Å²) in [5.74, 6) is -0.188. The quantitative estimate of drug-likeness (QED) is 0.441. The smallest absolute Gasteiger partial charge is 0.264 e. The van der Waals surface area contributed by atoms with E-state index in [4.69, 9.17) is 9.47 Å². The third-order valence-electron chi connectivity index (χ3n) is 4.84. The monoisotopic (exact) mass is 486 g/mol. The van der Waals surface area contributed by atoms with E-state index in [1.165, 1.54) is 30.3 Å². The lowest BCUT2D eigenvalue weighted by Crippen LogP contribution is -2.41. The summed E-state index contributed by atoms with van der Waals surface area (Å²) in [5, 5.41) is 2.70. The molecule has 0 atom stereocenters. The Morgan fingerprint density at radius 2 is 1.56 bits per heavy atom. The normalized spacial score (nSPS) is 11.0. The van der Waals surface area contributed by atoms with Crippen LogP contribution in [0.5, 0.6) is 11.5 Å². The molecule has 3 aromatic rings. The summed E-state index contributed by atoms with van der Waals surface area (Å²) >= 11 is 0. The molecule has 0 saturated carbocycles. The van der Waals surface area contributed by atoms with Gasteiger partial charge in [0.2, 0.25) is 5.91 Å². The molecule has 3 aromatic carbocycles. The standard InChI is InChI=1S/C25H27FN2O5S/c1-3-32-23-15-14-19(16-24(23)33-4-2)17-27-25(29)18-28(22-13-9-8-12-21(22)26)34(30,31)20-10-6-5-7-11-20/h5-16H,3-4,17-18H2,1-2H3,(H,27,29). The summed E-state index contributed by atoms with van der Waals surface area (Å²) in [6.07, 6.45) is 0.